The van der Waals surface area contributed by atoms with Gasteiger partial charge < -0.3 is 19.7 Å². The second-order valence-electron chi connectivity index (χ2n) is 13.5. The molecule has 1 aromatic carbocycles. The van der Waals surface area contributed by atoms with E-state index in [-0.39, 0.29) is 42.2 Å². The third-order valence-electron chi connectivity index (χ3n) is 11.1. The Labute approximate surface area is 223 Å². The van der Waals surface area contributed by atoms with E-state index in [1.54, 1.807) is 0 Å². The summed E-state index contributed by atoms with van der Waals surface area (Å²) in [4.78, 5) is 12.7. The summed E-state index contributed by atoms with van der Waals surface area (Å²) in [6.07, 6.45) is 10.2. The largest absolute Gasteiger partial charge is 0.482 e. The topological polar surface area (TPSA) is 76.0 Å². The minimum Gasteiger partial charge on any atom is -0.482 e. The van der Waals surface area contributed by atoms with Gasteiger partial charge >= 0.3 is 5.97 Å². The first kappa shape index (κ1) is 27.0. The second kappa shape index (κ2) is 10.5. The average molecular weight is 513 g/mol. The highest BCUT2D eigenvalue weighted by Crippen LogP contribution is 2.72. The number of carbonyl (C=O) groups is 1. The first-order valence-corrected chi connectivity index (χ1v) is 14.9. The van der Waals surface area contributed by atoms with Gasteiger partial charge in [0.2, 0.25) is 0 Å². The molecular formula is C32H48O5. The van der Waals surface area contributed by atoms with E-state index in [0.717, 1.165) is 57.1 Å². The highest BCUT2D eigenvalue weighted by molar-refractivity contribution is 5.71. The highest BCUT2D eigenvalue weighted by atomic mass is 16.6. The summed E-state index contributed by atoms with van der Waals surface area (Å²) in [5.74, 6) is 2.32. The van der Waals surface area contributed by atoms with Crippen LogP contribution in [-0.2, 0) is 22.4 Å². The monoisotopic (exact) mass is 512 g/mol. The van der Waals surface area contributed by atoms with E-state index in [0.29, 0.717) is 23.2 Å². The first-order valence-electron chi connectivity index (χ1n) is 14.9. The highest BCUT2D eigenvalue weighted by Gasteiger charge is 2.68. The number of aliphatic hydroxyl groups excluding tert-OH is 2. The third kappa shape index (κ3) is 5.20. The van der Waals surface area contributed by atoms with Gasteiger partial charge in [-0.3, -0.25) is 0 Å². The number of unbranched alkanes of at least 4 members (excludes halogenated alkanes) is 2. The number of fused-ring (bicyclic) bond motifs is 3. The summed E-state index contributed by atoms with van der Waals surface area (Å²) in [5.41, 5.74) is 2.79. The van der Waals surface area contributed by atoms with Crippen molar-refractivity contribution in [2.45, 2.75) is 117 Å². The number of carbonyl (C=O) groups excluding carboxylic acids is 1. The van der Waals surface area contributed by atoms with Gasteiger partial charge in [0, 0.05) is 5.41 Å². The number of hydrogen-bond acceptors (Lipinski definition) is 5. The number of aliphatic hydroxyl groups is 2. The summed E-state index contributed by atoms with van der Waals surface area (Å²) < 4.78 is 12.0. The standard InChI is InChI=1S/C32H48O5/c1-5-6-7-10-23(33)12-13-24-25-14-20-9-8-11-28(26(20)15-21(25)16-27(24)34)36-19-30(35)37-29-17-22-18-32(22,4)31(29,2)3/h8-9,11,21-25,27,29,33-34H,5-7,10,12-19H2,1-4H3/t21-,22-,23-,24+,25-,27+,29+,32?/m0/s1. The smallest absolute Gasteiger partial charge is 0.344 e. The summed E-state index contributed by atoms with van der Waals surface area (Å²) >= 11 is 0. The SMILES string of the molecule is CCCCC[C@H](O)CC[C@@H]1[C@H]2Cc3cccc(OCC(=O)O[C@@H]4C[C@H]5CC5(C)C4(C)C)c3C[C@H]2C[C@H]1O. The van der Waals surface area contributed by atoms with Crippen molar-refractivity contribution in [3.05, 3.63) is 29.3 Å². The zero-order valence-electron chi connectivity index (χ0n) is 23.4. The van der Waals surface area contributed by atoms with Crippen molar-refractivity contribution in [1.29, 1.82) is 0 Å². The van der Waals surface area contributed by atoms with Crippen LogP contribution in [0.15, 0.2) is 18.2 Å². The van der Waals surface area contributed by atoms with Crippen LogP contribution < -0.4 is 4.74 Å². The molecule has 206 valence electrons. The van der Waals surface area contributed by atoms with Crippen LogP contribution in [0.5, 0.6) is 5.75 Å². The van der Waals surface area contributed by atoms with Crippen LogP contribution in [0, 0.1) is 34.5 Å². The van der Waals surface area contributed by atoms with Crippen molar-refractivity contribution in [3.63, 3.8) is 0 Å². The Balaban J connectivity index is 1.16. The van der Waals surface area contributed by atoms with Gasteiger partial charge in [-0.25, -0.2) is 4.79 Å². The van der Waals surface area contributed by atoms with Gasteiger partial charge in [-0.2, -0.15) is 0 Å². The van der Waals surface area contributed by atoms with E-state index in [2.05, 4.69) is 33.8 Å². The molecule has 0 spiro atoms. The summed E-state index contributed by atoms with van der Waals surface area (Å²) in [6.45, 7) is 8.92. The molecule has 3 saturated carbocycles. The fourth-order valence-corrected chi connectivity index (χ4v) is 8.13. The maximum absolute atomic E-state index is 12.7. The van der Waals surface area contributed by atoms with Crippen LogP contribution in [0.2, 0.25) is 0 Å². The maximum atomic E-state index is 12.7. The van der Waals surface area contributed by atoms with Crippen molar-refractivity contribution in [2.24, 2.45) is 34.5 Å². The van der Waals surface area contributed by atoms with Crippen LogP contribution in [0.3, 0.4) is 0 Å². The van der Waals surface area contributed by atoms with Gasteiger partial charge in [-0.1, -0.05) is 59.1 Å². The lowest BCUT2D eigenvalue weighted by molar-refractivity contribution is -0.158. The Morgan fingerprint density at radius 2 is 1.95 bits per heavy atom. The van der Waals surface area contributed by atoms with Gasteiger partial charge in [-0.15, -0.1) is 0 Å². The molecule has 1 aromatic rings. The molecule has 0 radical (unpaired) electrons. The average Bonchev–Trinajstić information content (AvgIpc) is 3.37. The zero-order valence-corrected chi connectivity index (χ0v) is 23.4. The number of hydrogen-bond donors (Lipinski definition) is 2. The van der Waals surface area contributed by atoms with Gasteiger partial charge in [-0.05, 0) is 97.6 Å². The fourth-order valence-electron chi connectivity index (χ4n) is 8.13. The molecule has 2 N–H and O–H groups in total. The van der Waals surface area contributed by atoms with Crippen LogP contribution in [0.4, 0.5) is 0 Å². The van der Waals surface area contributed by atoms with Crippen LogP contribution >= 0.6 is 0 Å². The minimum absolute atomic E-state index is 0.0135. The molecule has 0 amide bonds. The molecule has 3 fully saturated rings. The van der Waals surface area contributed by atoms with Crippen molar-refractivity contribution in [3.8, 4) is 5.75 Å². The predicted molar refractivity (Wildman–Crippen MR) is 144 cm³/mol. The van der Waals surface area contributed by atoms with Gasteiger partial charge in [0.15, 0.2) is 6.61 Å². The van der Waals surface area contributed by atoms with E-state index >= 15 is 0 Å². The normalized spacial score (nSPS) is 35.8. The molecule has 8 atom stereocenters. The molecule has 4 aliphatic carbocycles. The molecule has 0 aliphatic heterocycles. The third-order valence-corrected chi connectivity index (χ3v) is 11.1. The Bertz CT molecular complexity index is 972. The Kier molecular flexibility index (Phi) is 7.68. The quantitative estimate of drug-likeness (QED) is 0.287. The molecule has 4 aliphatic rings. The van der Waals surface area contributed by atoms with Crippen molar-refractivity contribution in [2.75, 3.05) is 6.61 Å². The number of esters is 1. The maximum Gasteiger partial charge on any atom is 0.344 e. The molecule has 5 nitrogen and oxygen atoms in total. The molecule has 0 saturated heterocycles. The van der Waals surface area contributed by atoms with Gasteiger partial charge in [0.05, 0.1) is 12.2 Å². The molecule has 0 heterocycles. The summed E-state index contributed by atoms with van der Waals surface area (Å²) in [5, 5.41) is 21.3. The molecular weight excluding hydrogens is 464 g/mol. The van der Waals surface area contributed by atoms with Gasteiger partial charge in [0.1, 0.15) is 11.9 Å². The minimum atomic E-state index is -0.297. The first-order chi connectivity index (χ1) is 17.6. The van der Waals surface area contributed by atoms with E-state index in [4.69, 9.17) is 9.47 Å². The fraction of sp³-hybridized carbons (Fsp3) is 0.781. The Morgan fingerprint density at radius 3 is 2.68 bits per heavy atom. The number of ether oxygens (including phenoxy) is 2. The van der Waals surface area contributed by atoms with Crippen LogP contribution in [-0.4, -0.2) is 41.1 Å². The zero-order chi connectivity index (χ0) is 26.4. The Morgan fingerprint density at radius 1 is 1.14 bits per heavy atom. The van der Waals surface area contributed by atoms with E-state index in [1.165, 1.54) is 30.4 Å². The number of rotatable bonds is 11. The molecule has 5 rings (SSSR count). The molecule has 37 heavy (non-hydrogen) atoms. The van der Waals surface area contributed by atoms with Crippen molar-refractivity contribution < 1.29 is 24.5 Å². The second-order valence-corrected chi connectivity index (χ2v) is 13.5. The van der Waals surface area contributed by atoms with E-state index in [1.807, 2.05) is 12.1 Å². The summed E-state index contributed by atoms with van der Waals surface area (Å²) in [6, 6.07) is 6.16. The molecule has 0 aromatic heterocycles. The lowest BCUT2D eigenvalue weighted by atomic mass is 9.73. The lowest BCUT2D eigenvalue weighted by Crippen LogP contribution is -2.36. The number of benzene rings is 1. The summed E-state index contributed by atoms with van der Waals surface area (Å²) in [7, 11) is 0. The van der Waals surface area contributed by atoms with E-state index in [9.17, 15) is 15.0 Å². The molecule has 1 unspecified atom stereocenters. The van der Waals surface area contributed by atoms with E-state index < -0.39 is 0 Å². The van der Waals surface area contributed by atoms with Gasteiger partial charge in [0.25, 0.3) is 0 Å². The lowest BCUT2D eigenvalue weighted by Gasteiger charge is -2.34. The van der Waals surface area contributed by atoms with Crippen LogP contribution in [0.25, 0.3) is 0 Å². The predicted octanol–water partition coefficient (Wildman–Crippen LogP) is 5.87. The Hall–Kier alpha value is -1.59. The van der Waals surface area contributed by atoms with Crippen molar-refractivity contribution >= 4 is 5.97 Å². The van der Waals surface area contributed by atoms with Crippen molar-refractivity contribution in [1.82, 2.24) is 0 Å². The molecule has 5 heteroatoms. The molecule has 0 bridgehead atoms. The van der Waals surface area contributed by atoms with Crippen LogP contribution in [0.1, 0.15) is 96.6 Å².